The van der Waals surface area contributed by atoms with Gasteiger partial charge in [0.15, 0.2) is 0 Å². The maximum absolute atomic E-state index is 10.2. The number of hydrogen-bond acceptors (Lipinski definition) is 2. The van der Waals surface area contributed by atoms with Crippen LogP contribution in [0.4, 0.5) is 0 Å². The van der Waals surface area contributed by atoms with E-state index >= 15 is 0 Å². The van der Waals surface area contributed by atoms with Gasteiger partial charge in [0.2, 0.25) is 6.29 Å². The predicted octanol–water partition coefficient (Wildman–Crippen LogP) is 2.92. The van der Waals surface area contributed by atoms with E-state index in [4.69, 9.17) is 4.74 Å². The molecule has 0 fully saturated rings. The average molecular weight is 225 g/mol. The Kier molecular flexibility index (Phi) is 3.92. The van der Waals surface area contributed by atoms with Gasteiger partial charge >= 0.3 is 0 Å². The van der Waals surface area contributed by atoms with Crippen molar-refractivity contribution in [3.63, 3.8) is 0 Å². The van der Waals surface area contributed by atoms with Crippen LogP contribution in [-0.2, 0) is 17.8 Å². The van der Waals surface area contributed by atoms with E-state index < -0.39 is 0 Å². The van der Waals surface area contributed by atoms with Gasteiger partial charge in [0.25, 0.3) is 0 Å². The first kappa shape index (κ1) is 11.4. The monoisotopic (exact) mass is 225 g/mol. The highest BCUT2D eigenvalue weighted by molar-refractivity contribution is 5.55. The molecule has 85 valence electrons. The number of benzene rings is 2. The second-order valence-electron chi connectivity index (χ2n) is 3.74. The second kappa shape index (κ2) is 5.85. The molecule has 0 spiro atoms. The third-order valence-electron chi connectivity index (χ3n) is 2.45. The van der Waals surface area contributed by atoms with E-state index in [1.54, 1.807) is 0 Å². The van der Waals surface area contributed by atoms with Gasteiger partial charge in [-0.15, -0.1) is 0 Å². The SMILES string of the molecule is O=[C]Cc1ccc(OCc2ccccc2)cc1. The molecule has 0 saturated heterocycles. The number of hydrogen-bond donors (Lipinski definition) is 0. The van der Waals surface area contributed by atoms with E-state index in [9.17, 15) is 4.79 Å². The van der Waals surface area contributed by atoms with Gasteiger partial charge in [-0.3, -0.25) is 4.79 Å². The molecule has 2 aromatic carbocycles. The zero-order valence-corrected chi connectivity index (χ0v) is 9.43. The summed E-state index contributed by atoms with van der Waals surface area (Å²) < 4.78 is 5.63. The first-order valence-corrected chi connectivity index (χ1v) is 5.49. The van der Waals surface area contributed by atoms with Crippen molar-refractivity contribution in [2.45, 2.75) is 13.0 Å². The first-order valence-electron chi connectivity index (χ1n) is 5.49. The van der Waals surface area contributed by atoms with Crippen molar-refractivity contribution in [3.05, 3.63) is 65.7 Å². The molecule has 0 aliphatic heterocycles. The summed E-state index contributed by atoms with van der Waals surface area (Å²) in [6.45, 7) is 0.556. The lowest BCUT2D eigenvalue weighted by molar-refractivity contribution is 0.306. The van der Waals surface area contributed by atoms with E-state index in [0.717, 1.165) is 16.9 Å². The van der Waals surface area contributed by atoms with Crippen LogP contribution in [0.1, 0.15) is 11.1 Å². The fourth-order valence-electron chi connectivity index (χ4n) is 1.53. The van der Waals surface area contributed by atoms with Gasteiger partial charge in [-0.1, -0.05) is 42.5 Å². The van der Waals surface area contributed by atoms with Gasteiger partial charge in [-0.25, -0.2) is 0 Å². The minimum absolute atomic E-state index is 0.332. The Balaban J connectivity index is 1.93. The highest BCUT2D eigenvalue weighted by Gasteiger charge is 1.96. The molecule has 0 aromatic heterocycles. The summed E-state index contributed by atoms with van der Waals surface area (Å²) in [5.74, 6) is 0.809. The minimum Gasteiger partial charge on any atom is -0.489 e. The minimum atomic E-state index is 0.332. The quantitative estimate of drug-likeness (QED) is 0.782. The summed E-state index contributed by atoms with van der Waals surface area (Å²) in [6, 6.07) is 17.5. The molecule has 2 rings (SSSR count). The zero-order chi connectivity index (χ0) is 11.9. The average Bonchev–Trinajstić information content (AvgIpc) is 2.40. The van der Waals surface area contributed by atoms with Crippen LogP contribution in [0.15, 0.2) is 54.6 Å². The van der Waals surface area contributed by atoms with Crippen LogP contribution in [-0.4, -0.2) is 6.29 Å². The summed E-state index contributed by atoms with van der Waals surface area (Å²) >= 11 is 0. The maximum Gasteiger partial charge on any atom is 0.203 e. The Hall–Kier alpha value is -2.09. The van der Waals surface area contributed by atoms with Gasteiger partial charge in [0, 0.05) is 6.42 Å². The summed E-state index contributed by atoms with van der Waals surface area (Å²) in [6.07, 6.45) is 2.20. The molecule has 0 unspecified atom stereocenters. The smallest absolute Gasteiger partial charge is 0.203 e. The Bertz CT molecular complexity index is 460. The van der Waals surface area contributed by atoms with Gasteiger partial charge in [-0.05, 0) is 23.3 Å². The second-order valence-corrected chi connectivity index (χ2v) is 3.74. The van der Waals surface area contributed by atoms with E-state index in [2.05, 4.69) is 0 Å². The van der Waals surface area contributed by atoms with Crippen molar-refractivity contribution in [2.75, 3.05) is 0 Å². The highest BCUT2D eigenvalue weighted by atomic mass is 16.5. The molecule has 1 radical (unpaired) electrons. The lowest BCUT2D eigenvalue weighted by Gasteiger charge is -2.06. The number of ether oxygens (including phenoxy) is 1. The molecule has 2 aromatic rings. The number of carbonyl (C=O) groups excluding carboxylic acids is 1. The topological polar surface area (TPSA) is 26.3 Å². The van der Waals surface area contributed by atoms with E-state index in [0.29, 0.717) is 13.0 Å². The van der Waals surface area contributed by atoms with Gasteiger partial charge in [0.05, 0.1) is 0 Å². The molecule has 0 bridgehead atoms. The van der Waals surface area contributed by atoms with Crippen molar-refractivity contribution >= 4 is 6.29 Å². The maximum atomic E-state index is 10.2. The fraction of sp³-hybridized carbons (Fsp3) is 0.133. The molecular weight excluding hydrogens is 212 g/mol. The molecule has 17 heavy (non-hydrogen) atoms. The van der Waals surface area contributed by atoms with Gasteiger partial charge in [0.1, 0.15) is 12.4 Å². The molecule has 0 N–H and O–H groups in total. The fourth-order valence-corrected chi connectivity index (χ4v) is 1.53. The van der Waals surface area contributed by atoms with Crippen molar-refractivity contribution in [1.82, 2.24) is 0 Å². The third-order valence-corrected chi connectivity index (χ3v) is 2.45. The summed E-state index contributed by atoms with van der Waals surface area (Å²) in [4.78, 5) is 10.2. The highest BCUT2D eigenvalue weighted by Crippen LogP contribution is 2.14. The summed E-state index contributed by atoms with van der Waals surface area (Å²) in [5, 5.41) is 0. The third kappa shape index (κ3) is 3.45. The lowest BCUT2D eigenvalue weighted by atomic mass is 10.2. The molecule has 0 atom stereocenters. The molecule has 0 saturated carbocycles. The Labute approximate surface area is 101 Å². The molecular formula is C15H13O2. The molecule has 0 aliphatic rings. The molecule has 2 nitrogen and oxygen atoms in total. The van der Waals surface area contributed by atoms with Gasteiger partial charge < -0.3 is 4.74 Å². The van der Waals surface area contributed by atoms with Crippen LogP contribution in [0.2, 0.25) is 0 Å². The molecule has 0 amide bonds. The van der Waals surface area contributed by atoms with E-state index in [1.165, 1.54) is 0 Å². The van der Waals surface area contributed by atoms with Crippen LogP contribution in [0.5, 0.6) is 5.75 Å². The van der Waals surface area contributed by atoms with Crippen LogP contribution < -0.4 is 4.74 Å². The Morgan fingerprint density at radius 2 is 1.59 bits per heavy atom. The largest absolute Gasteiger partial charge is 0.489 e. The van der Waals surface area contributed by atoms with E-state index in [1.807, 2.05) is 60.9 Å². The molecule has 2 heteroatoms. The van der Waals surface area contributed by atoms with Crippen molar-refractivity contribution in [2.24, 2.45) is 0 Å². The van der Waals surface area contributed by atoms with E-state index in [-0.39, 0.29) is 0 Å². The lowest BCUT2D eigenvalue weighted by Crippen LogP contribution is -1.95. The predicted molar refractivity (Wildman–Crippen MR) is 66.6 cm³/mol. The van der Waals surface area contributed by atoms with Crippen molar-refractivity contribution in [3.8, 4) is 5.75 Å². The van der Waals surface area contributed by atoms with Gasteiger partial charge in [-0.2, -0.15) is 0 Å². The van der Waals surface area contributed by atoms with Crippen molar-refractivity contribution < 1.29 is 9.53 Å². The standard InChI is InChI=1S/C15H13O2/c16-11-10-13-6-8-15(9-7-13)17-12-14-4-2-1-3-5-14/h1-9H,10,12H2. The normalized spacial score (nSPS) is 9.88. The number of rotatable bonds is 5. The van der Waals surface area contributed by atoms with Crippen LogP contribution in [0.3, 0.4) is 0 Å². The summed E-state index contributed by atoms with van der Waals surface area (Å²) in [5.41, 5.74) is 2.09. The molecule has 0 aliphatic carbocycles. The summed E-state index contributed by atoms with van der Waals surface area (Å²) in [7, 11) is 0. The Morgan fingerprint density at radius 1 is 0.882 bits per heavy atom. The van der Waals surface area contributed by atoms with Crippen LogP contribution in [0.25, 0.3) is 0 Å². The first-order chi connectivity index (χ1) is 8.38. The van der Waals surface area contributed by atoms with Crippen molar-refractivity contribution in [1.29, 1.82) is 0 Å². The molecule has 0 heterocycles. The Morgan fingerprint density at radius 3 is 2.24 bits per heavy atom. The van der Waals surface area contributed by atoms with Crippen LogP contribution in [0, 0.1) is 0 Å². The zero-order valence-electron chi connectivity index (χ0n) is 9.43. The van der Waals surface area contributed by atoms with Crippen LogP contribution >= 0.6 is 0 Å².